The van der Waals surface area contributed by atoms with Crippen LogP contribution in [0.5, 0.6) is 0 Å². The molecule has 1 aliphatic rings. The van der Waals surface area contributed by atoms with Gasteiger partial charge in [0.05, 0.1) is 11.0 Å². The second-order valence-electron chi connectivity index (χ2n) is 8.61. The number of hydrogen-bond acceptors (Lipinski definition) is 4. The van der Waals surface area contributed by atoms with Gasteiger partial charge in [-0.25, -0.2) is 14.2 Å². The van der Waals surface area contributed by atoms with Crippen LogP contribution < -0.4 is 5.73 Å². The second kappa shape index (κ2) is 10.5. The highest BCUT2D eigenvalue weighted by Gasteiger charge is 2.38. The minimum atomic E-state index is -5.08. The molecule has 4 N–H and O–H groups in total. The summed E-state index contributed by atoms with van der Waals surface area (Å²) in [7, 11) is 0. The molecule has 188 valence electrons. The number of aromatic amines is 1. The number of aliphatic carboxylic acids is 1. The maximum Gasteiger partial charge on any atom is 0.490 e. The molecule has 5 rings (SSSR count). The lowest BCUT2D eigenvalue weighted by Crippen LogP contribution is -2.26. The third kappa shape index (κ3) is 6.27. The van der Waals surface area contributed by atoms with Crippen LogP contribution in [0.2, 0.25) is 0 Å². The molecule has 1 aliphatic heterocycles. The Morgan fingerprint density at radius 2 is 1.61 bits per heavy atom. The molecule has 10 heteroatoms. The lowest BCUT2D eigenvalue weighted by molar-refractivity contribution is -0.192. The zero-order chi connectivity index (χ0) is 25.9. The van der Waals surface area contributed by atoms with Gasteiger partial charge in [0, 0.05) is 31.2 Å². The SMILES string of the molecule is NC1CCN(Cc2ccc(-c3ccc(-c4nc5ccc(F)cc5[nH]4)cc3)cc2)C1.O=C(O)C(F)(F)F. The van der Waals surface area contributed by atoms with E-state index in [2.05, 4.69) is 51.3 Å². The Hall–Kier alpha value is -3.76. The van der Waals surface area contributed by atoms with Gasteiger partial charge in [0.1, 0.15) is 11.6 Å². The maximum absolute atomic E-state index is 13.4. The first kappa shape index (κ1) is 25.3. The number of nitrogens with zero attached hydrogens (tertiary/aromatic N) is 2. The number of nitrogens with one attached hydrogen (secondary N) is 1. The summed E-state index contributed by atoms with van der Waals surface area (Å²) in [6, 6.07) is 21.9. The first-order chi connectivity index (χ1) is 17.1. The van der Waals surface area contributed by atoms with Gasteiger partial charge in [0.25, 0.3) is 0 Å². The van der Waals surface area contributed by atoms with E-state index in [1.807, 2.05) is 12.1 Å². The van der Waals surface area contributed by atoms with Crippen LogP contribution in [0.4, 0.5) is 17.6 Å². The molecule has 3 aromatic carbocycles. The summed E-state index contributed by atoms with van der Waals surface area (Å²) in [5.41, 5.74) is 12.1. The van der Waals surface area contributed by atoms with E-state index in [0.29, 0.717) is 11.6 Å². The van der Waals surface area contributed by atoms with Crippen LogP contribution in [0.25, 0.3) is 33.5 Å². The fourth-order valence-corrected chi connectivity index (χ4v) is 4.01. The predicted octanol–water partition coefficient (Wildman–Crippen LogP) is 5.20. The number of carbonyl (C=O) groups is 1. The van der Waals surface area contributed by atoms with Gasteiger partial charge in [-0.05, 0) is 41.3 Å². The van der Waals surface area contributed by atoms with Crippen molar-refractivity contribution in [3.63, 3.8) is 0 Å². The number of fused-ring (bicyclic) bond motifs is 1. The largest absolute Gasteiger partial charge is 0.490 e. The molecule has 0 radical (unpaired) electrons. The number of hydrogen-bond donors (Lipinski definition) is 3. The van der Waals surface area contributed by atoms with Gasteiger partial charge in [0.2, 0.25) is 0 Å². The number of H-pyrrole nitrogens is 1. The Balaban J connectivity index is 0.000000384. The Bertz CT molecular complexity index is 1340. The lowest BCUT2D eigenvalue weighted by Gasteiger charge is -2.15. The van der Waals surface area contributed by atoms with Crippen molar-refractivity contribution < 1.29 is 27.5 Å². The molecule has 6 nitrogen and oxygen atoms in total. The fraction of sp³-hybridized carbons (Fsp3) is 0.231. The summed E-state index contributed by atoms with van der Waals surface area (Å²) in [6.07, 6.45) is -4.00. The monoisotopic (exact) mass is 500 g/mol. The van der Waals surface area contributed by atoms with Gasteiger partial charge in [0.15, 0.2) is 0 Å². The topological polar surface area (TPSA) is 95.2 Å². The van der Waals surface area contributed by atoms with Crippen molar-refractivity contribution in [2.45, 2.75) is 25.2 Å². The van der Waals surface area contributed by atoms with E-state index in [9.17, 15) is 17.6 Å². The lowest BCUT2D eigenvalue weighted by atomic mass is 10.0. The first-order valence-corrected chi connectivity index (χ1v) is 11.2. The molecule has 1 saturated heterocycles. The minimum Gasteiger partial charge on any atom is -0.475 e. The summed E-state index contributed by atoms with van der Waals surface area (Å²) >= 11 is 0. The van der Waals surface area contributed by atoms with Crippen molar-refractivity contribution in [1.29, 1.82) is 0 Å². The van der Waals surface area contributed by atoms with Gasteiger partial charge >= 0.3 is 12.1 Å². The van der Waals surface area contributed by atoms with Crippen LogP contribution in [0.1, 0.15) is 12.0 Å². The molecule has 0 spiro atoms. The molecule has 0 aliphatic carbocycles. The molecule has 0 saturated carbocycles. The normalized spacial score (nSPS) is 16.1. The Kier molecular flexibility index (Phi) is 7.37. The second-order valence-corrected chi connectivity index (χ2v) is 8.61. The number of aromatic nitrogens is 2. The number of alkyl halides is 3. The van der Waals surface area contributed by atoms with Gasteiger partial charge in [-0.1, -0.05) is 48.5 Å². The smallest absolute Gasteiger partial charge is 0.475 e. The van der Waals surface area contributed by atoms with Crippen molar-refractivity contribution in [1.82, 2.24) is 14.9 Å². The van der Waals surface area contributed by atoms with Gasteiger partial charge in [-0.2, -0.15) is 13.2 Å². The highest BCUT2D eigenvalue weighted by Crippen LogP contribution is 2.26. The number of rotatable bonds is 4. The summed E-state index contributed by atoms with van der Waals surface area (Å²) in [5.74, 6) is -2.28. The highest BCUT2D eigenvalue weighted by molar-refractivity contribution is 5.80. The van der Waals surface area contributed by atoms with Crippen molar-refractivity contribution in [2.24, 2.45) is 5.73 Å². The maximum atomic E-state index is 13.4. The van der Waals surface area contributed by atoms with E-state index < -0.39 is 12.1 Å². The first-order valence-electron chi connectivity index (χ1n) is 11.2. The van der Waals surface area contributed by atoms with E-state index in [1.54, 1.807) is 6.07 Å². The number of halogens is 4. The van der Waals surface area contributed by atoms with E-state index in [0.717, 1.165) is 48.5 Å². The summed E-state index contributed by atoms with van der Waals surface area (Å²) < 4.78 is 45.1. The molecule has 0 bridgehead atoms. The number of carboxylic acid groups (broad SMARTS) is 1. The third-order valence-electron chi connectivity index (χ3n) is 5.85. The molecule has 0 amide bonds. The minimum absolute atomic E-state index is 0.265. The number of carboxylic acids is 1. The number of likely N-dealkylation sites (tertiary alicyclic amines) is 1. The Morgan fingerprint density at radius 1 is 1.03 bits per heavy atom. The summed E-state index contributed by atoms with van der Waals surface area (Å²) in [6.45, 7) is 3.02. The van der Waals surface area contributed by atoms with E-state index >= 15 is 0 Å². The molecule has 2 heterocycles. The molecule has 1 unspecified atom stereocenters. The average Bonchev–Trinajstić information content (AvgIpc) is 3.45. The predicted molar refractivity (Wildman–Crippen MR) is 128 cm³/mol. The van der Waals surface area contributed by atoms with Gasteiger partial charge in [-0.15, -0.1) is 0 Å². The van der Waals surface area contributed by atoms with Gasteiger partial charge in [-0.3, -0.25) is 4.90 Å². The Morgan fingerprint density at radius 3 is 2.17 bits per heavy atom. The zero-order valence-corrected chi connectivity index (χ0v) is 19.1. The van der Waals surface area contributed by atoms with Crippen LogP contribution in [-0.2, 0) is 11.3 Å². The quantitative estimate of drug-likeness (QED) is 0.335. The van der Waals surface area contributed by atoms with Crippen LogP contribution in [0.3, 0.4) is 0 Å². The number of nitrogens with two attached hydrogens (primary N) is 1. The van der Waals surface area contributed by atoms with E-state index in [-0.39, 0.29) is 5.82 Å². The van der Waals surface area contributed by atoms with Crippen LogP contribution in [0, 0.1) is 5.82 Å². The molecule has 1 fully saturated rings. The molecule has 4 aromatic rings. The number of benzene rings is 3. The fourth-order valence-electron chi connectivity index (χ4n) is 4.01. The van der Waals surface area contributed by atoms with E-state index in [1.165, 1.54) is 23.3 Å². The Labute approximate surface area is 204 Å². The number of imidazole rings is 1. The third-order valence-corrected chi connectivity index (χ3v) is 5.85. The molecule has 1 atom stereocenters. The zero-order valence-electron chi connectivity index (χ0n) is 19.1. The average molecular weight is 500 g/mol. The standard InChI is InChI=1S/C24H23FN4.C2HF3O2/c25-20-9-10-22-23(13-20)28-24(27-22)19-7-5-18(6-8-19)17-3-1-16(2-4-17)14-29-12-11-21(26)15-29;3-2(4,5)1(6)7/h1-10,13,21H,11-12,14-15,26H2,(H,27,28);(H,6,7). The van der Waals surface area contributed by atoms with Crippen LogP contribution in [-0.4, -0.2) is 51.3 Å². The molecular formula is C26H24F4N4O2. The highest BCUT2D eigenvalue weighted by atomic mass is 19.4. The van der Waals surface area contributed by atoms with Crippen molar-refractivity contribution in [3.8, 4) is 22.5 Å². The van der Waals surface area contributed by atoms with Crippen molar-refractivity contribution >= 4 is 17.0 Å². The van der Waals surface area contributed by atoms with Crippen LogP contribution >= 0.6 is 0 Å². The summed E-state index contributed by atoms with van der Waals surface area (Å²) in [5, 5.41) is 7.12. The van der Waals surface area contributed by atoms with Crippen molar-refractivity contribution in [2.75, 3.05) is 13.1 Å². The molecular weight excluding hydrogens is 476 g/mol. The molecule has 1 aromatic heterocycles. The van der Waals surface area contributed by atoms with Gasteiger partial charge < -0.3 is 15.8 Å². The van der Waals surface area contributed by atoms with Crippen LogP contribution in [0.15, 0.2) is 66.7 Å². The van der Waals surface area contributed by atoms with E-state index in [4.69, 9.17) is 15.6 Å². The molecule has 36 heavy (non-hydrogen) atoms. The summed E-state index contributed by atoms with van der Waals surface area (Å²) in [4.78, 5) is 19.1. The van der Waals surface area contributed by atoms with Crippen molar-refractivity contribution in [3.05, 3.63) is 78.1 Å².